The Morgan fingerprint density at radius 3 is 3.00 bits per heavy atom. The Morgan fingerprint density at radius 1 is 1.59 bits per heavy atom. The fourth-order valence-corrected chi connectivity index (χ4v) is 2.10. The van der Waals surface area contributed by atoms with Gasteiger partial charge < -0.3 is 15.6 Å². The van der Waals surface area contributed by atoms with Crippen molar-refractivity contribution in [1.82, 2.24) is 9.88 Å². The SMILES string of the molecule is CC1CN(C(=O)c2c[nH]ccc2=O)CCC1N. The molecule has 1 fully saturated rings. The van der Waals surface area contributed by atoms with Gasteiger partial charge in [0.1, 0.15) is 5.56 Å². The zero-order valence-corrected chi connectivity index (χ0v) is 9.85. The summed E-state index contributed by atoms with van der Waals surface area (Å²) in [6.45, 7) is 3.27. The maximum Gasteiger partial charge on any atom is 0.259 e. The highest BCUT2D eigenvalue weighted by atomic mass is 16.2. The van der Waals surface area contributed by atoms with Crippen LogP contribution in [0.1, 0.15) is 23.7 Å². The van der Waals surface area contributed by atoms with Gasteiger partial charge in [-0.25, -0.2) is 0 Å². The summed E-state index contributed by atoms with van der Waals surface area (Å²) in [5.74, 6) is 0.0705. The van der Waals surface area contributed by atoms with Gasteiger partial charge in [-0.3, -0.25) is 9.59 Å². The number of nitrogens with zero attached hydrogens (tertiary/aromatic N) is 1. The number of rotatable bonds is 1. The fourth-order valence-electron chi connectivity index (χ4n) is 2.10. The molecule has 1 aliphatic rings. The number of pyridine rings is 1. The van der Waals surface area contributed by atoms with E-state index in [-0.39, 0.29) is 28.9 Å². The molecule has 0 spiro atoms. The molecule has 3 N–H and O–H groups in total. The Labute approximate surface area is 99.6 Å². The lowest BCUT2D eigenvalue weighted by Crippen LogP contribution is -2.48. The average molecular weight is 235 g/mol. The molecule has 17 heavy (non-hydrogen) atoms. The number of aromatic nitrogens is 1. The van der Waals surface area contributed by atoms with Crippen molar-refractivity contribution in [3.05, 3.63) is 34.2 Å². The van der Waals surface area contributed by atoms with Gasteiger partial charge in [0.25, 0.3) is 5.91 Å². The molecule has 2 unspecified atom stereocenters. The Morgan fingerprint density at radius 2 is 2.35 bits per heavy atom. The molecule has 5 heteroatoms. The second-order valence-electron chi connectivity index (χ2n) is 4.60. The average Bonchev–Trinajstić information content (AvgIpc) is 2.32. The highest BCUT2D eigenvalue weighted by Gasteiger charge is 2.27. The van der Waals surface area contributed by atoms with E-state index in [1.54, 1.807) is 4.90 Å². The number of H-pyrrole nitrogens is 1. The van der Waals surface area contributed by atoms with E-state index in [2.05, 4.69) is 4.98 Å². The van der Waals surface area contributed by atoms with Crippen LogP contribution in [0, 0.1) is 5.92 Å². The number of hydrogen-bond donors (Lipinski definition) is 2. The molecule has 0 saturated carbocycles. The van der Waals surface area contributed by atoms with Crippen LogP contribution in [0.15, 0.2) is 23.3 Å². The van der Waals surface area contributed by atoms with Gasteiger partial charge in [0, 0.05) is 37.6 Å². The summed E-state index contributed by atoms with van der Waals surface area (Å²) in [6, 6.07) is 1.51. The van der Waals surface area contributed by atoms with E-state index in [1.807, 2.05) is 6.92 Å². The van der Waals surface area contributed by atoms with Gasteiger partial charge in [0.15, 0.2) is 5.43 Å². The lowest BCUT2D eigenvalue weighted by molar-refractivity contribution is 0.0662. The van der Waals surface area contributed by atoms with Crippen LogP contribution in [0.2, 0.25) is 0 Å². The van der Waals surface area contributed by atoms with Crippen LogP contribution in [0.25, 0.3) is 0 Å². The van der Waals surface area contributed by atoms with Crippen LogP contribution in [-0.2, 0) is 0 Å². The largest absolute Gasteiger partial charge is 0.367 e. The first-order valence-corrected chi connectivity index (χ1v) is 5.81. The quantitative estimate of drug-likeness (QED) is 0.729. The smallest absolute Gasteiger partial charge is 0.259 e. The lowest BCUT2D eigenvalue weighted by Gasteiger charge is -2.34. The number of likely N-dealkylation sites (tertiary alicyclic amines) is 1. The van der Waals surface area contributed by atoms with Crippen molar-refractivity contribution < 1.29 is 4.79 Å². The number of nitrogens with two attached hydrogens (primary N) is 1. The van der Waals surface area contributed by atoms with Gasteiger partial charge in [-0.15, -0.1) is 0 Å². The monoisotopic (exact) mass is 235 g/mol. The van der Waals surface area contributed by atoms with Gasteiger partial charge in [0.2, 0.25) is 0 Å². The molecular formula is C12H17N3O2. The van der Waals surface area contributed by atoms with E-state index in [1.165, 1.54) is 18.5 Å². The van der Waals surface area contributed by atoms with Gasteiger partial charge >= 0.3 is 0 Å². The van der Waals surface area contributed by atoms with Crippen molar-refractivity contribution in [3.63, 3.8) is 0 Å². The van der Waals surface area contributed by atoms with E-state index < -0.39 is 0 Å². The lowest BCUT2D eigenvalue weighted by atomic mass is 9.94. The Balaban J connectivity index is 2.17. The van der Waals surface area contributed by atoms with Gasteiger partial charge in [-0.05, 0) is 12.3 Å². The minimum atomic E-state index is -0.240. The van der Waals surface area contributed by atoms with Gasteiger partial charge in [-0.1, -0.05) is 6.92 Å². The van der Waals surface area contributed by atoms with E-state index in [9.17, 15) is 9.59 Å². The maximum absolute atomic E-state index is 12.1. The third kappa shape index (κ3) is 2.39. The molecular weight excluding hydrogens is 218 g/mol. The van der Waals surface area contributed by atoms with E-state index in [4.69, 9.17) is 5.73 Å². The second kappa shape index (κ2) is 4.71. The predicted molar refractivity (Wildman–Crippen MR) is 64.7 cm³/mol. The molecule has 1 aliphatic heterocycles. The first-order valence-electron chi connectivity index (χ1n) is 5.81. The van der Waals surface area contributed by atoms with E-state index in [0.29, 0.717) is 13.1 Å². The molecule has 1 aromatic heterocycles. The normalized spacial score (nSPS) is 24.7. The molecule has 0 bridgehead atoms. The predicted octanol–water partition coefficient (Wildman–Crippen LogP) is 0.184. The van der Waals surface area contributed by atoms with Gasteiger partial charge in [-0.2, -0.15) is 0 Å². The highest BCUT2D eigenvalue weighted by Crippen LogP contribution is 2.16. The second-order valence-corrected chi connectivity index (χ2v) is 4.60. The standard InChI is InChI=1S/C12H17N3O2/c1-8-7-15(5-3-10(8)13)12(17)9-6-14-4-2-11(9)16/h2,4,6,8,10H,3,5,7,13H2,1H3,(H,14,16). The molecule has 0 aliphatic carbocycles. The first kappa shape index (κ1) is 11.9. The number of carbonyl (C=O) groups is 1. The Hall–Kier alpha value is -1.62. The number of amides is 1. The molecule has 92 valence electrons. The van der Waals surface area contributed by atoms with Crippen molar-refractivity contribution >= 4 is 5.91 Å². The molecule has 2 rings (SSSR count). The maximum atomic E-state index is 12.1. The molecule has 0 radical (unpaired) electrons. The summed E-state index contributed by atoms with van der Waals surface area (Å²) in [5.41, 5.74) is 5.87. The molecule has 1 aromatic rings. The molecule has 1 amide bonds. The minimum absolute atomic E-state index is 0.146. The Kier molecular flexibility index (Phi) is 3.28. The minimum Gasteiger partial charge on any atom is -0.367 e. The number of aromatic amines is 1. The van der Waals surface area contributed by atoms with Gasteiger partial charge in [0.05, 0.1) is 0 Å². The van der Waals surface area contributed by atoms with Crippen molar-refractivity contribution in [2.45, 2.75) is 19.4 Å². The third-order valence-electron chi connectivity index (χ3n) is 3.31. The molecule has 2 atom stereocenters. The molecule has 0 aromatic carbocycles. The topological polar surface area (TPSA) is 79.2 Å². The van der Waals surface area contributed by atoms with E-state index in [0.717, 1.165) is 6.42 Å². The van der Waals surface area contributed by atoms with Crippen LogP contribution >= 0.6 is 0 Å². The van der Waals surface area contributed by atoms with Crippen LogP contribution in [0.3, 0.4) is 0 Å². The zero-order valence-electron chi connectivity index (χ0n) is 9.85. The highest BCUT2D eigenvalue weighted by molar-refractivity contribution is 5.93. The molecule has 5 nitrogen and oxygen atoms in total. The van der Waals surface area contributed by atoms with Crippen LogP contribution in [-0.4, -0.2) is 34.9 Å². The molecule has 1 saturated heterocycles. The fraction of sp³-hybridized carbons (Fsp3) is 0.500. The van der Waals surface area contributed by atoms with Crippen LogP contribution in [0.5, 0.6) is 0 Å². The number of carbonyl (C=O) groups excluding carboxylic acids is 1. The number of hydrogen-bond acceptors (Lipinski definition) is 3. The van der Waals surface area contributed by atoms with Crippen molar-refractivity contribution in [2.75, 3.05) is 13.1 Å². The summed E-state index contributed by atoms with van der Waals surface area (Å²) < 4.78 is 0. The number of nitrogens with one attached hydrogen (secondary N) is 1. The summed E-state index contributed by atoms with van der Waals surface area (Å²) in [6.07, 6.45) is 3.77. The summed E-state index contributed by atoms with van der Waals surface area (Å²) in [7, 11) is 0. The van der Waals surface area contributed by atoms with Crippen molar-refractivity contribution in [1.29, 1.82) is 0 Å². The molecule has 2 heterocycles. The van der Waals surface area contributed by atoms with Crippen LogP contribution < -0.4 is 11.2 Å². The summed E-state index contributed by atoms with van der Waals surface area (Å²) in [5, 5.41) is 0. The zero-order chi connectivity index (χ0) is 12.4. The number of piperidine rings is 1. The summed E-state index contributed by atoms with van der Waals surface area (Å²) in [4.78, 5) is 28.2. The Bertz CT molecular complexity index is 469. The summed E-state index contributed by atoms with van der Waals surface area (Å²) >= 11 is 0. The van der Waals surface area contributed by atoms with Crippen molar-refractivity contribution in [2.24, 2.45) is 11.7 Å². The third-order valence-corrected chi connectivity index (χ3v) is 3.31. The first-order chi connectivity index (χ1) is 8.09. The van der Waals surface area contributed by atoms with E-state index >= 15 is 0 Å². The van der Waals surface area contributed by atoms with Crippen molar-refractivity contribution in [3.8, 4) is 0 Å². The van der Waals surface area contributed by atoms with Crippen LogP contribution in [0.4, 0.5) is 0 Å².